The number of aromatic hydroxyl groups is 1. The zero-order chi connectivity index (χ0) is 36.6. The van der Waals surface area contributed by atoms with Crippen molar-refractivity contribution in [1.82, 2.24) is 9.80 Å². The molecule has 0 amide bonds. The Labute approximate surface area is 326 Å². The summed E-state index contributed by atoms with van der Waals surface area (Å²) >= 11 is 25.1. The van der Waals surface area contributed by atoms with Gasteiger partial charge in [-0.3, -0.25) is 9.80 Å². The van der Waals surface area contributed by atoms with Crippen LogP contribution in [0.3, 0.4) is 0 Å². The van der Waals surface area contributed by atoms with E-state index in [1.165, 1.54) is 0 Å². The van der Waals surface area contributed by atoms with Crippen LogP contribution in [0.4, 0.5) is 0 Å². The van der Waals surface area contributed by atoms with Crippen molar-refractivity contribution >= 4 is 46.4 Å². The van der Waals surface area contributed by atoms with E-state index in [1.807, 2.05) is 116 Å². The molecule has 9 heteroatoms. The normalized spacial score (nSPS) is 18.7. The summed E-state index contributed by atoms with van der Waals surface area (Å²) in [5.41, 5.74) is 2.95. The quantitative estimate of drug-likeness (QED) is 0.132. The lowest BCUT2D eigenvalue weighted by Crippen LogP contribution is -2.48. The molecule has 52 heavy (non-hydrogen) atoms. The number of likely N-dealkylation sites (tertiary alicyclic amines) is 2. The lowest BCUT2D eigenvalue weighted by atomic mass is 9.79. The average Bonchev–Trinajstić information content (AvgIpc) is 3.81. The van der Waals surface area contributed by atoms with Gasteiger partial charge in [0, 0.05) is 56.4 Å². The third-order valence-electron chi connectivity index (χ3n) is 11.0. The van der Waals surface area contributed by atoms with Gasteiger partial charge in [-0.25, -0.2) is 0 Å². The first-order chi connectivity index (χ1) is 25.0. The monoisotopic (exact) mass is 774 g/mol. The molecule has 0 aliphatic carbocycles. The molecule has 0 aromatic heterocycles. The number of phenolic OH excluding ortho intramolecular Hbond substituents is 1. The molecule has 5 aromatic rings. The van der Waals surface area contributed by atoms with Crippen molar-refractivity contribution in [3.05, 3.63) is 168 Å². The lowest BCUT2D eigenvalue weighted by molar-refractivity contribution is -0.00733. The molecule has 0 unspecified atom stereocenters. The van der Waals surface area contributed by atoms with Gasteiger partial charge in [0.05, 0.1) is 0 Å². The number of hydrogen-bond donors (Lipinski definition) is 3. The highest BCUT2D eigenvalue weighted by Crippen LogP contribution is 2.44. The van der Waals surface area contributed by atoms with Crippen LogP contribution in [0.1, 0.15) is 64.6 Å². The van der Waals surface area contributed by atoms with E-state index in [1.54, 1.807) is 0 Å². The number of hydrogen-bond acceptors (Lipinski definition) is 5. The predicted molar refractivity (Wildman–Crippen MR) is 212 cm³/mol. The average molecular weight is 777 g/mol. The molecule has 2 aliphatic rings. The zero-order valence-electron chi connectivity index (χ0n) is 29.0. The lowest BCUT2D eigenvalue weighted by Gasteiger charge is -2.41. The maximum atomic E-state index is 12.7. The van der Waals surface area contributed by atoms with Crippen LogP contribution < -0.4 is 0 Å². The Bertz CT molecular complexity index is 1770. The van der Waals surface area contributed by atoms with Crippen LogP contribution in [0, 0.1) is 6.92 Å². The summed E-state index contributed by atoms with van der Waals surface area (Å²) in [7, 11) is 0. The molecule has 5 aromatic carbocycles. The topological polar surface area (TPSA) is 67.2 Å². The Morgan fingerprint density at radius 3 is 1.12 bits per heavy atom. The highest BCUT2D eigenvalue weighted by molar-refractivity contribution is 6.31. The fourth-order valence-electron chi connectivity index (χ4n) is 8.51. The van der Waals surface area contributed by atoms with E-state index in [-0.39, 0.29) is 17.8 Å². The van der Waals surface area contributed by atoms with E-state index in [4.69, 9.17) is 46.4 Å². The molecule has 2 saturated heterocycles. The molecule has 2 fully saturated rings. The van der Waals surface area contributed by atoms with E-state index in [2.05, 4.69) is 9.80 Å². The summed E-state index contributed by atoms with van der Waals surface area (Å²) in [5.74, 6) is 0.241. The molecular formula is C43H42Cl4N2O3. The van der Waals surface area contributed by atoms with Gasteiger partial charge in [-0.15, -0.1) is 0 Å². The van der Waals surface area contributed by atoms with Crippen LogP contribution >= 0.6 is 46.4 Å². The second-order valence-corrected chi connectivity index (χ2v) is 16.0. The van der Waals surface area contributed by atoms with Crippen LogP contribution in [0.2, 0.25) is 20.1 Å². The van der Waals surface area contributed by atoms with Crippen LogP contribution in [0.25, 0.3) is 0 Å². The van der Waals surface area contributed by atoms with Gasteiger partial charge >= 0.3 is 0 Å². The summed E-state index contributed by atoms with van der Waals surface area (Å²) in [6.45, 7) is 4.49. The molecule has 0 radical (unpaired) electrons. The maximum absolute atomic E-state index is 12.7. The predicted octanol–water partition coefficient (Wildman–Crippen LogP) is 10.1. The highest BCUT2D eigenvalue weighted by atomic mass is 35.5. The molecular weight excluding hydrogens is 734 g/mol. The molecule has 2 aliphatic heterocycles. The van der Waals surface area contributed by atoms with Gasteiger partial charge < -0.3 is 15.3 Å². The number of rotatable bonds is 10. The second-order valence-electron chi connectivity index (χ2n) is 14.2. The number of benzene rings is 5. The van der Waals surface area contributed by atoms with Gasteiger partial charge in [0.2, 0.25) is 0 Å². The van der Waals surface area contributed by atoms with Crippen LogP contribution in [-0.2, 0) is 24.3 Å². The van der Waals surface area contributed by atoms with Crippen LogP contribution in [-0.4, -0.2) is 50.3 Å². The summed E-state index contributed by atoms with van der Waals surface area (Å²) in [6, 6.07) is 33.1. The van der Waals surface area contributed by atoms with Gasteiger partial charge in [-0.05, 0) is 116 Å². The number of nitrogens with zero attached hydrogens (tertiary/aromatic N) is 2. The minimum atomic E-state index is -1.34. The number of aryl methyl sites for hydroxylation is 1. The third-order valence-corrected chi connectivity index (χ3v) is 12.0. The minimum Gasteiger partial charge on any atom is -0.507 e. The first kappa shape index (κ1) is 37.2. The fourth-order valence-corrected chi connectivity index (χ4v) is 9.01. The molecule has 3 N–H and O–H groups in total. The summed E-state index contributed by atoms with van der Waals surface area (Å²) in [6.07, 6.45) is 3.34. The van der Waals surface area contributed by atoms with Gasteiger partial charge in [0.15, 0.2) is 0 Å². The Kier molecular flexibility index (Phi) is 11.0. The van der Waals surface area contributed by atoms with Gasteiger partial charge in [-0.2, -0.15) is 0 Å². The van der Waals surface area contributed by atoms with Gasteiger partial charge in [0.25, 0.3) is 0 Å². The van der Waals surface area contributed by atoms with Crippen LogP contribution in [0.5, 0.6) is 5.75 Å². The number of phenols is 1. The Morgan fingerprint density at radius 1 is 0.538 bits per heavy atom. The molecule has 0 spiro atoms. The smallest absolute Gasteiger partial charge is 0.130 e. The molecule has 7 rings (SSSR count). The summed E-state index contributed by atoms with van der Waals surface area (Å²) < 4.78 is 0. The largest absolute Gasteiger partial charge is 0.507 e. The van der Waals surface area contributed by atoms with Gasteiger partial charge in [0.1, 0.15) is 17.0 Å². The number of aliphatic hydroxyl groups is 2. The highest BCUT2D eigenvalue weighted by Gasteiger charge is 2.47. The minimum absolute atomic E-state index is 0.241. The van der Waals surface area contributed by atoms with E-state index in [0.717, 1.165) is 77.7 Å². The molecule has 2 atom stereocenters. The van der Waals surface area contributed by atoms with E-state index < -0.39 is 11.2 Å². The van der Waals surface area contributed by atoms with Crippen molar-refractivity contribution in [3.8, 4) is 5.75 Å². The Balaban J connectivity index is 1.20. The maximum Gasteiger partial charge on any atom is 0.130 e. The van der Waals surface area contributed by atoms with E-state index in [9.17, 15) is 15.3 Å². The van der Waals surface area contributed by atoms with E-state index in [0.29, 0.717) is 33.2 Å². The Hall–Kier alpha value is -3.10. The van der Waals surface area contributed by atoms with E-state index >= 15 is 0 Å². The van der Waals surface area contributed by atoms with Crippen molar-refractivity contribution in [2.45, 2.75) is 69.0 Å². The summed E-state index contributed by atoms with van der Waals surface area (Å²) in [5, 5.41) is 39.8. The number of halogens is 4. The fraction of sp³-hybridized carbons (Fsp3) is 0.302. The molecule has 2 heterocycles. The molecule has 0 bridgehead atoms. The first-order valence-electron chi connectivity index (χ1n) is 17.7. The SMILES string of the molecule is Cc1cc(CN2CCC[C@H]2C(O)(c2ccc(Cl)cc2)c2ccc(Cl)cc2)c(O)c(CN2CCC[C@H]2C(O)(c2ccc(Cl)cc2)c2ccc(Cl)cc2)c1. The van der Waals surface area contributed by atoms with Crippen molar-refractivity contribution in [3.63, 3.8) is 0 Å². The second kappa shape index (κ2) is 15.3. The first-order valence-corrected chi connectivity index (χ1v) is 19.3. The molecule has 270 valence electrons. The Morgan fingerprint density at radius 2 is 0.827 bits per heavy atom. The van der Waals surface area contributed by atoms with Crippen molar-refractivity contribution in [1.29, 1.82) is 0 Å². The van der Waals surface area contributed by atoms with Crippen molar-refractivity contribution < 1.29 is 15.3 Å². The van der Waals surface area contributed by atoms with Crippen LogP contribution in [0.15, 0.2) is 109 Å². The van der Waals surface area contributed by atoms with Crippen molar-refractivity contribution in [2.75, 3.05) is 13.1 Å². The van der Waals surface area contributed by atoms with Crippen molar-refractivity contribution in [2.24, 2.45) is 0 Å². The van der Waals surface area contributed by atoms with Gasteiger partial charge in [-0.1, -0.05) is 113 Å². The third kappa shape index (κ3) is 7.23. The summed E-state index contributed by atoms with van der Waals surface area (Å²) in [4.78, 5) is 4.56. The standard InChI is InChI=1S/C43H42Cl4N2O3/c1-28-24-29(26-48-22-2-4-39(48)42(51,31-6-14-35(44)15-7-31)32-8-16-36(45)17-9-32)41(50)30(25-28)27-49-23-3-5-40(49)43(52,33-10-18-37(46)19-11-33)34-12-20-38(47)21-13-34/h6-21,24-25,39-40,50-52H,2-5,22-23,26-27H2,1H3/t39-,40-/m0/s1. The zero-order valence-corrected chi connectivity index (χ0v) is 32.0. The molecule has 5 nitrogen and oxygen atoms in total. The molecule has 0 saturated carbocycles.